The van der Waals surface area contributed by atoms with Crippen LogP contribution in [0.15, 0.2) is 12.1 Å². The highest BCUT2D eigenvalue weighted by Gasteiger charge is 2.32. The molecule has 140 valence electrons. The van der Waals surface area contributed by atoms with Crippen molar-refractivity contribution in [1.29, 1.82) is 0 Å². The zero-order valence-electron chi connectivity index (χ0n) is 15.8. The summed E-state index contributed by atoms with van der Waals surface area (Å²) in [5, 5.41) is 17.5. The average molecular weight is 351 g/mol. The second kappa shape index (κ2) is 8.03. The number of carbonyl (C=O) groups excluding carboxylic acids is 1. The number of hydrogen-bond acceptors (Lipinski definition) is 7. The van der Waals surface area contributed by atoms with E-state index in [0.717, 1.165) is 11.3 Å². The van der Waals surface area contributed by atoms with Crippen molar-refractivity contribution in [2.75, 3.05) is 26.6 Å². The van der Waals surface area contributed by atoms with Crippen LogP contribution in [0.25, 0.3) is 0 Å². The third-order valence-electron chi connectivity index (χ3n) is 4.84. The van der Waals surface area contributed by atoms with Gasteiger partial charge in [-0.1, -0.05) is 0 Å². The van der Waals surface area contributed by atoms with E-state index < -0.39 is 12.1 Å². The minimum absolute atomic E-state index is 0.0990. The Balaban J connectivity index is 2.50. The lowest BCUT2D eigenvalue weighted by Gasteiger charge is -2.40. The van der Waals surface area contributed by atoms with Crippen molar-refractivity contribution in [2.45, 2.75) is 51.7 Å². The third-order valence-corrected chi connectivity index (χ3v) is 4.84. The monoisotopic (exact) mass is 351 g/mol. The van der Waals surface area contributed by atoms with E-state index in [2.05, 4.69) is 29.4 Å². The Labute approximate surface area is 149 Å². The number of carbonyl (C=O) groups is 1. The second-order valence-electron chi connectivity index (χ2n) is 6.71. The van der Waals surface area contributed by atoms with E-state index in [0.29, 0.717) is 17.9 Å². The van der Waals surface area contributed by atoms with Crippen molar-refractivity contribution < 1.29 is 19.4 Å². The maximum atomic E-state index is 12.1. The lowest BCUT2D eigenvalue weighted by atomic mass is 10.0. The first kappa shape index (κ1) is 19.5. The molecule has 0 radical (unpaired) electrons. The zero-order chi connectivity index (χ0) is 18.7. The van der Waals surface area contributed by atoms with Crippen molar-refractivity contribution in [3.63, 3.8) is 0 Å². The number of likely N-dealkylation sites (N-methyl/N-ethyl adjacent to an activating group) is 1. The van der Waals surface area contributed by atoms with Crippen molar-refractivity contribution in [3.8, 4) is 5.75 Å². The molecule has 3 atom stereocenters. The van der Waals surface area contributed by atoms with Gasteiger partial charge in [-0.25, -0.2) is 4.79 Å². The maximum Gasteiger partial charge on any atom is 0.341 e. The van der Waals surface area contributed by atoms with Gasteiger partial charge in [0, 0.05) is 24.3 Å². The van der Waals surface area contributed by atoms with Crippen LogP contribution in [0.5, 0.6) is 5.75 Å². The van der Waals surface area contributed by atoms with E-state index in [1.54, 1.807) is 6.07 Å². The van der Waals surface area contributed by atoms with Gasteiger partial charge in [-0.2, -0.15) is 0 Å². The normalized spacial score (nSPS) is 23.5. The summed E-state index contributed by atoms with van der Waals surface area (Å²) in [6, 6.07) is 3.70. The highest BCUT2D eigenvalue weighted by Crippen LogP contribution is 2.30. The number of anilines is 1. The summed E-state index contributed by atoms with van der Waals surface area (Å²) < 4.78 is 10.2. The maximum absolute atomic E-state index is 12.1. The van der Waals surface area contributed by atoms with Crippen LogP contribution < -0.4 is 15.4 Å². The van der Waals surface area contributed by atoms with Crippen LogP contribution in [0.1, 0.15) is 36.7 Å². The largest absolute Gasteiger partial charge is 0.496 e. The van der Waals surface area contributed by atoms with E-state index in [-0.39, 0.29) is 18.2 Å². The quantitative estimate of drug-likeness (QED) is 0.708. The lowest BCUT2D eigenvalue weighted by Crippen LogP contribution is -2.57. The molecule has 0 amide bonds. The van der Waals surface area contributed by atoms with E-state index in [1.807, 2.05) is 20.0 Å². The number of rotatable bonds is 4. The van der Waals surface area contributed by atoms with E-state index >= 15 is 0 Å². The standard InChI is InChI=1S/C18H29N3O4/c1-10(2)21(4)17-16(22)11(3)19-9-12-7-15(24-5)13(18(23)25-6)8-14(12)20-17/h7-8,10-11,16-17,19-20,22H,9H2,1-6H3/t11-,16?,17?/m1/s1. The van der Waals surface area contributed by atoms with Gasteiger partial charge in [-0.3, -0.25) is 4.90 Å². The molecule has 7 heteroatoms. The highest BCUT2D eigenvalue weighted by molar-refractivity contribution is 5.94. The van der Waals surface area contributed by atoms with Crippen LogP contribution in [0.4, 0.5) is 5.69 Å². The molecule has 1 aromatic rings. The summed E-state index contributed by atoms with van der Waals surface area (Å²) in [5.74, 6) is 0.0101. The molecule has 0 bridgehead atoms. The fourth-order valence-corrected chi connectivity index (χ4v) is 2.91. The number of aliphatic hydroxyl groups excluding tert-OH is 1. The summed E-state index contributed by atoms with van der Waals surface area (Å²) in [7, 11) is 4.83. The molecule has 0 aromatic heterocycles. The Morgan fingerprint density at radius 2 is 2.04 bits per heavy atom. The van der Waals surface area contributed by atoms with Gasteiger partial charge in [0.05, 0.1) is 14.2 Å². The van der Waals surface area contributed by atoms with Gasteiger partial charge in [0.1, 0.15) is 23.6 Å². The summed E-state index contributed by atoms with van der Waals surface area (Å²) in [5.41, 5.74) is 2.09. The fourth-order valence-electron chi connectivity index (χ4n) is 2.91. The minimum Gasteiger partial charge on any atom is -0.496 e. The number of fused-ring (bicyclic) bond motifs is 1. The number of methoxy groups -OCH3 is 2. The Kier molecular flexibility index (Phi) is 6.26. The molecule has 1 aliphatic rings. The van der Waals surface area contributed by atoms with Crippen LogP contribution in [0.3, 0.4) is 0 Å². The fraction of sp³-hybridized carbons (Fsp3) is 0.611. The molecule has 7 nitrogen and oxygen atoms in total. The number of nitrogens with zero attached hydrogens (tertiary/aromatic N) is 1. The minimum atomic E-state index is -0.621. The van der Waals surface area contributed by atoms with Crippen LogP contribution in [0.2, 0.25) is 0 Å². The molecule has 3 N–H and O–H groups in total. The predicted octanol–water partition coefficient (Wildman–Crippen LogP) is 1.41. The summed E-state index contributed by atoms with van der Waals surface area (Å²) >= 11 is 0. The number of esters is 1. The van der Waals surface area contributed by atoms with Gasteiger partial charge < -0.3 is 25.2 Å². The summed E-state index contributed by atoms with van der Waals surface area (Å²) in [6.45, 7) is 6.65. The van der Waals surface area contributed by atoms with Crippen molar-refractivity contribution in [2.24, 2.45) is 0 Å². The molecule has 25 heavy (non-hydrogen) atoms. The topological polar surface area (TPSA) is 83.1 Å². The highest BCUT2D eigenvalue weighted by atomic mass is 16.5. The van der Waals surface area contributed by atoms with Crippen molar-refractivity contribution in [3.05, 3.63) is 23.3 Å². The first-order valence-corrected chi connectivity index (χ1v) is 8.49. The number of nitrogens with one attached hydrogen (secondary N) is 2. The second-order valence-corrected chi connectivity index (χ2v) is 6.71. The van der Waals surface area contributed by atoms with Crippen LogP contribution >= 0.6 is 0 Å². The molecule has 2 rings (SSSR count). The van der Waals surface area contributed by atoms with Gasteiger partial charge in [-0.15, -0.1) is 0 Å². The Bertz CT molecular complexity index is 621. The van der Waals surface area contributed by atoms with Gasteiger partial charge in [0.15, 0.2) is 0 Å². The molecule has 0 spiro atoms. The third kappa shape index (κ3) is 4.05. The lowest BCUT2D eigenvalue weighted by molar-refractivity contribution is 0.0379. The molecule has 0 saturated carbocycles. The number of aliphatic hydroxyl groups is 1. The number of benzene rings is 1. The van der Waals surface area contributed by atoms with E-state index in [4.69, 9.17) is 9.47 Å². The number of ether oxygens (including phenoxy) is 2. The Morgan fingerprint density at radius 1 is 1.36 bits per heavy atom. The first-order chi connectivity index (χ1) is 11.8. The van der Waals surface area contributed by atoms with E-state index in [9.17, 15) is 9.90 Å². The van der Waals surface area contributed by atoms with Crippen LogP contribution in [0, 0.1) is 0 Å². The molecule has 0 fully saturated rings. The zero-order valence-corrected chi connectivity index (χ0v) is 15.8. The molecular formula is C18H29N3O4. The molecule has 2 unspecified atom stereocenters. The van der Waals surface area contributed by atoms with Gasteiger partial charge in [-0.05, 0) is 45.5 Å². The van der Waals surface area contributed by atoms with Crippen LogP contribution in [-0.2, 0) is 11.3 Å². The van der Waals surface area contributed by atoms with Crippen molar-refractivity contribution >= 4 is 11.7 Å². The summed E-state index contributed by atoms with van der Waals surface area (Å²) in [6.07, 6.45) is -0.926. The van der Waals surface area contributed by atoms with Crippen molar-refractivity contribution in [1.82, 2.24) is 10.2 Å². The Morgan fingerprint density at radius 3 is 2.60 bits per heavy atom. The van der Waals surface area contributed by atoms with E-state index in [1.165, 1.54) is 14.2 Å². The molecule has 1 aliphatic heterocycles. The molecule has 1 aromatic carbocycles. The number of hydrogen-bond donors (Lipinski definition) is 3. The molecule has 0 saturated heterocycles. The smallest absolute Gasteiger partial charge is 0.341 e. The molecule has 1 heterocycles. The summed E-state index contributed by atoms with van der Waals surface area (Å²) in [4.78, 5) is 14.1. The Hall–Kier alpha value is -1.83. The van der Waals surface area contributed by atoms with Gasteiger partial charge in [0.2, 0.25) is 0 Å². The molecular weight excluding hydrogens is 322 g/mol. The molecule has 0 aliphatic carbocycles. The van der Waals surface area contributed by atoms with Crippen LogP contribution in [-0.4, -0.2) is 61.6 Å². The average Bonchev–Trinajstić information content (AvgIpc) is 2.61. The van der Waals surface area contributed by atoms with Gasteiger partial charge in [0.25, 0.3) is 0 Å². The SMILES string of the molecule is COC(=O)c1cc2c(cc1OC)CN[C@H](C)C(O)C(N(C)C(C)C)N2. The predicted molar refractivity (Wildman–Crippen MR) is 97.0 cm³/mol. The first-order valence-electron chi connectivity index (χ1n) is 8.49. The van der Waals surface area contributed by atoms with Gasteiger partial charge >= 0.3 is 5.97 Å².